The molecule has 36 heavy (non-hydrogen) atoms. The summed E-state index contributed by atoms with van der Waals surface area (Å²) in [5, 5.41) is 5.91. The molecule has 1 aromatic carbocycles. The summed E-state index contributed by atoms with van der Waals surface area (Å²) >= 11 is 0. The van der Waals surface area contributed by atoms with E-state index in [1.54, 1.807) is 25.7 Å². The summed E-state index contributed by atoms with van der Waals surface area (Å²) in [7, 11) is 0. The minimum atomic E-state index is -0.817. The molecule has 0 bridgehead atoms. The SMILES string of the molecule is CCCC(C)NC(=O)C(c1ccc(C)cc1)N(C(=O)C(CC(C)C)NC(=O)OC(C)(C)C)C(C)CC. The Balaban J connectivity index is 3.51. The van der Waals surface area contributed by atoms with Gasteiger partial charge in [0.1, 0.15) is 17.7 Å². The second-order valence-electron chi connectivity index (χ2n) is 11.3. The molecule has 0 spiro atoms. The van der Waals surface area contributed by atoms with Crippen LogP contribution in [0.5, 0.6) is 0 Å². The maximum Gasteiger partial charge on any atom is 0.408 e. The number of rotatable bonds is 12. The van der Waals surface area contributed by atoms with Crippen LogP contribution < -0.4 is 10.6 Å². The highest BCUT2D eigenvalue weighted by Gasteiger charge is 2.38. The predicted octanol–water partition coefficient (Wildman–Crippen LogP) is 5.91. The fraction of sp³-hybridized carbons (Fsp3) is 0.690. The molecular formula is C29H49N3O4. The fourth-order valence-corrected chi connectivity index (χ4v) is 4.13. The first kappa shape index (κ1) is 31.5. The molecular weight excluding hydrogens is 454 g/mol. The molecule has 7 heteroatoms. The molecule has 4 unspecified atom stereocenters. The number of aryl methyl sites for hydroxylation is 1. The Morgan fingerprint density at radius 1 is 0.972 bits per heavy atom. The maximum atomic E-state index is 14.2. The topological polar surface area (TPSA) is 87.7 Å². The molecule has 1 aromatic rings. The van der Waals surface area contributed by atoms with Gasteiger partial charge in [-0.25, -0.2) is 4.79 Å². The van der Waals surface area contributed by atoms with Gasteiger partial charge in [-0.3, -0.25) is 9.59 Å². The first-order chi connectivity index (χ1) is 16.7. The minimum absolute atomic E-state index is 0.0179. The number of nitrogens with one attached hydrogen (secondary N) is 2. The van der Waals surface area contributed by atoms with Crippen LogP contribution in [0.2, 0.25) is 0 Å². The lowest BCUT2D eigenvalue weighted by atomic mass is 9.96. The first-order valence-corrected chi connectivity index (χ1v) is 13.4. The maximum absolute atomic E-state index is 14.2. The van der Waals surface area contributed by atoms with Crippen LogP contribution in [0.15, 0.2) is 24.3 Å². The number of alkyl carbamates (subject to hydrolysis) is 1. The summed E-state index contributed by atoms with van der Waals surface area (Å²) < 4.78 is 5.45. The molecule has 0 aromatic heterocycles. The fourth-order valence-electron chi connectivity index (χ4n) is 4.13. The van der Waals surface area contributed by atoms with E-state index in [1.165, 1.54) is 0 Å². The third-order valence-corrected chi connectivity index (χ3v) is 6.05. The average Bonchev–Trinajstić information content (AvgIpc) is 2.75. The molecule has 3 amide bonds. The third kappa shape index (κ3) is 10.2. The lowest BCUT2D eigenvalue weighted by molar-refractivity contribution is -0.145. The standard InChI is InChI=1S/C29H49N3O4/c1-11-13-21(6)30-26(33)25(23-16-14-20(5)15-17-23)32(22(7)12-2)27(34)24(18-19(3)4)31-28(35)36-29(8,9)10/h14-17,19,21-22,24-25H,11-13,18H2,1-10H3,(H,30,33)(H,31,35). The van der Waals surface area contributed by atoms with Gasteiger partial charge < -0.3 is 20.3 Å². The number of nitrogens with zero attached hydrogens (tertiary/aromatic N) is 1. The van der Waals surface area contributed by atoms with Crippen molar-refractivity contribution in [1.82, 2.24) is 15.5 Å². The van der Waals surface area contributed by atoms with Gasteiger partial charge in [-0.1, -0.05) is 63.9 Å². The molecule has 0 aliphatic carbocycles. The Hall–Kier alpha value is -2.57. The normalized spacial score (nSPS) is 15.0. The van der Waals surface area contributed by atoms with Gasteiger partial charge in [0, 0.05) is 12.1 Å². The first-order valence-electron chi connectivity index (χ1n) is 13.4. The van der Waals surface area contributed by atoms with Crippen molar-refractivity contribution >= 4 is 17.9 Å². The Morgan fingerprint density at radius 3 is 2.03 bits per heavy atom. The van der Waals surface area contributed by atoms with Crippen LogP contribution in [0.4, 0.5) is 4.79 Å². The zero-order chi connectivity index (χ0) is 27.6. The van der Waals surface area contributed by atoms with E-state index in [2.05, 4.69) is 17.6 Å². The molecule has 0 aliphatic heterocycles. The zero-order valence-corrected chi connectivity index (χ0v) is 24.1. The number of carbonyl (C=O) groups excluding carboxylic acids is 3. The molecule has 0 saturated carbocycles. The number of carbonyl (C=O) groups is 3. The largest absolute Gasteiger partial charge is 0.444 e. The molecule has 0 aliphatic rings. The van der Waals surface area contributed by atoms with E-state index in [-0.39, 0.29) is 29.8 Å². The van der Waals surface area contributed by atoms with Gasteiger partial charge >= 0.3 is 6.09 Å². The van der Waals surface area contributed by atoms with Gasteiger partial charge in [0.2, 0.25) is 11.8 Å². The van der Waals surface area contributed by atoms with Crippen molar-refractivity contribution in [3.8, 4) is 0 Å². The lowest BCUT2D eigenvalue weighted by Crippen LogP contribution is -2.56. The Morgan fingerprint density at radius 2 is 1.56 bits per heavy atom. The van der Waals surface area contributed by atoms with E-state index in [4.69, 9.17) is 4.74 Å². The van der Waals surface area contributed by atoms with Crippen LogP contribution in [-0.4, -0.2) is 46.5 Å². The number of ether oxygens (including phenoxy) is 1. The van der Waals surface area contributed by atoms with E-state index in [0.717, 1.165) is 24.0 Å². The summed E-state index contributed by atoms with van der Waals surface area (Å²) in [4.78, 5) is 42.2. The summed E-state index contributed by atoms with van der Waals surface area (Å²) in [6, 6.07) is 5.84. The second kappa shape index (κ2) is 14.2. The highest BCUT2D eigenvalue weighted by molar-refractivity contribution is 5.92. The van der Waals surface area contributed by atoms with Crippen LogP contribution in [-0.2, 0) is 14.3 Å². The molecule has 0 saturated heterocycles. The van der Waals surface area contributed by atoms with Gasteiger partial charge in [0.05, 0.1) is 0 Å². The molecule has 204 valence electrons. The van der Waals surface area contributed by atoms with Gasteiger partial charge in [-0.2, -0.15) is 0 Å². The lowest BCUT2D eigenvalue weighted by Gasteiger charge is -2.39. The van der Waals surface area contributed by atoms with Gasteiger partial charge in [-0.15, -0.1) is 0 Å². The van der Waals surface area contributed by atoms with Crippen LogP contribution in [0.3, 0.4) is 0 Å². The minimum Gasteiger partial charge on any atom is -0.444 e. The van der Waals surface area contributed by atoms with Crippen LogP contribution >= 0.6 is 0 Å². The zero-order valence-electron chi connectivity index (χ0n) is 24.1. The van der Waals surface area contributed by atoms with E-state index < -0.39 is 23.8 Å². The smallest absolute Gasteiger partial charge is 0.408 e. The van der Waals surface area contributed by atoms with Crippen LogP contribution in [0.1, 0.15) is 105 Å². The Labute approximate surface area is 218 Å². The molecule has 4 atom stereocenters. The van der Waals surface area contributed by atoms with Crippen molar-refractivity contribution in [2.45, 2.75) is 125 Å². The summed E-state index contributed by atoms with van der Waals surface area (Å²) in [5.74, 6) is -0.356. The highest BCUT2D eigenvalue weighted by atomic mass is 16.6. The number of benzene rings is 1. The molecule has 0 fully saturated rings. The number of amides is 3. The molecule has 1 rings (SSSR count). The molecule has 0 heterocycles. The quantitative estimate of drug-likeness (QED) is 0.371. The van der Waals surface area contributed by atoms with Crippen molar-refractivity contribution in [2.75, 3.05) is 0 Å². The van der Waals surface area contributed by atoms with Crippen molar-refractivity contribution in [1.29, 1.82) is 0 Å². The molecule has 0 radical (unpaired) electrons. The van der Waals surface area contributed by atoms with Crippen molar-refractivity contribution < 1.29 is 19.1 Å². The van der Waals surface area contributed by atoms with Gasteiger partial charge in [0.25, 0.3) is 0 Å². The summed E-state index contributed by atoms with van der Waals surface area (Å²) in [6.07, 6.45) is 2.24. The van der Waals surface area contributed by atoms with E-state index >= 15 is 0 Å². The van der Waals surface area contributed by atoms with E-state index in [0.29, 0.717) is 12.8 Å². The van der Waals surface area contributed by atoms with Crippen molar-refractivity contribution in [3.05, 3.63) is 35.4 Å². The second-order valence-corrected chi connectivity index (χ2v) is 11.3. The summed E-state index contributed by atoms with van der Waals surface area (Å²) in [6.45, 7) is 19.3. The molecule has 7 nitrogen and oxygen atoms in total. The van der Waals surface area contributed by atoms with Crippen molar-refractivity contribution in [3.63, 3.8) is 0 Å². The predicted molar refractivity (Wildman–Crippen MR) is 146 cm³/mol. The Bertz CT molecular complexity index is 845. The van der Waals surface area contributed by atoms with E-state index in [1.807, 2.05) is 65.8 Å². The van der Waals surface area contributed by atoms with Crippen molar-refractivity contribution in [2.24, 2.45) is 5.92 Å². The number of hydrogen-bond acceptors (Lipinski definition) is 4. The third-order valence-electron chi connectivity index (χ3n) is 6.05. The van der Waals surface area contributed by atoms with E-state index in [9.17, 15) is 14.4 Å². The average molecular weight is 504 g/mol. The Kier molecular flexibility index (Phi) is 12.4. The highest BCUT2D eigenvalue weighted by Crippen LogP contribution is 2.28. The van der Waals surface area contributed by atoms with Crippen LogP contribution in [0, 0.1) is 12.8 Å². The number of hydrogen-bond donors (Lipinski definition) is 2. The van der Waals surface area contributed by atoms with Gasteiger partial charge in [-0.05, 0) is 72.3 Å². The summed E-state index contributed by atoms with van der Waals surface area (Å²) in [5.41, 5.74) is 1.13. The molecule has 2 N–H and O–H groups in total. The monoisotopic (exact) mass is 503 g/mol. The van der Waals surface area contributed by atoms with Crippen LogP contribution in [0.25, 0.3) is 0 Å². The van der Waals surface area contributed by atoms with Gasteiger partial charge in [0.15, 0.2) is 0 Å².